The largest absolute Gasteiger partial charge is 0.478 e. The van der Waals surface area contributed by atoms with Crippen molar-refractivity contribution >= 4 is 74.4 Å². The topological polar surface area (TPSA) is 46.5 Å². The van der Waals surface area contributed by atoms with Gasteiger partial charge in [0.05, 0.1) is 5.57 Å². The first kappa shape index (κ1) is 15.3. The van der Waals surface area contributed by atoms with Gasteiger partial charge in [-0.1, -0.05) is 46.4 Å². The molecule has 3 nitrogen and oxygen atoms in total. The summed E-state index contributed by atoms with van der Waals surface area (Å²) < 4.78 is 1.73. The molecule has 0 fully saturated rings. The Labute approximate surface area is 137 Å². The highest BCUT2D eigenvalue weighted by atomic mass is 79.9. The molecule has 102 valence electrons. The normalized spacial score (nSPS) is 22.3. The number of carboxylic acid groups (broad SMARTS) is 1. The van der Waals surface area contributed by atoms with Gasteiger partial charge >= 0.3 is 5.97 Å². The van der Waals surface area contributed by atoms with Crippen molar-refractivity contribution in [3.8, 4) is 5.75 Å². The van der Waals surface area contributed by atoms with E-state index >= 15 is 0 Å². The number of fused-ring (bicyclic) bond motifs is 1. The molecule has 0 aromatic heterocycles. The van der Waals surface area contributed by atoms with E-state index in [2.05, 4.69) is 15.9 Å². The molecule has 1 aliphatic rings. The second-order valence-electron chi connectivity index (χ2n) is 3.74. The van der Waals surface area contributed by atoms with E-state index in [1.165, 1.54) is 6.08 Å². The van der Waals surface area contributed by atoms with Gasteiger partial charge in [-0.25, -0.2) is 4.79 Å². The Bertz CT molecular complexity index is 582. The van der Waals surface area contributed by atoms with Crippen LogP contribution in [0.5, 0.6) is 5.75 Å². The zero-order valence-corrected chi connectivity index (χ0v) is 13.6. The van der Waals surface area contributed by atoms with Crippen molar-refractivity contribution in [3.05, 3.63) is 34.4 Å². The Hall–Kier alpha value is -0.130. The first-order valence-corrected chi connectivity index (χ1v) is 7.15. The van der Waals surface area contributed by atoms with Gasteiger partial charge < -0.3 is 9.84 Å². The molecule has 0 saturated carbocycles. The van der Waals surface area contributed by atoms with Crippen molar-refractivity contribution < 1.29 is 14.6 Å². The molecule has 0 unspecified atom stereocenters. The summed E-state index contributed by atoms with van der Waals surface area (Å²) in [5, 5.41) is 9.69. The molecule has 0 saturated heterocycles. The minimum absolute atomic E-state index is 0.234. The molecule has 0 amide bonds. The molecular weight excluding hydrogens is 402 g/mol. The van der Waals surface area contributed by atoms with E-state index in [1.807, 2.05) is 0 Å². The molecule has 1 aromatic carbocycles. The summed E-state index contributed by atoms with van der Waals surface area (Å²) in [7, 11) is 0. The summed E-state index contributed by atoms with van der Waals surface area (Å²) >= 11 is 26.4. The molecule has 0 radical (unpaired) electrons. The van der Waals surface area contributed by atoms with Crippen molar-refractivity contribution in [2.75, 3.05) is 0 Å². The van der Waals surface area contributed by atoms with Gasteiger partial charge in [0.1, 0.15) is 5.75 Å². The third-order valence-electron chi connectivity index (χ3n) is 2.46. The van der Waals surface area contributed by atoms with E-state index in [-0.39, 0.29) is 5.57 Å². The number of hydrogen-bond donors (Lipinski definition) is 1. The maximum Gasteiger partial charge on any atom is 0.336 e. The Morgan fingerprint density at radius 2 is 2.00 bits per heavy atom. The highest BCUT2D eigenvalue weighted by Gasteiger charge is 2.56. The van der Waals surface area contributed by atoms with Crippen molar-refractivity contribution in [2.24, 2.45) is 0 Å². The highest BCUT2D eigenvalue weighted by molar-refractivity contribution is 9.10. The van der Waals surface area contributed by atoms with Crippen LogP contribution in [0, 0.1) is 0 Å². The predicted octanol–water partition coefficient (Wildman–Crippen LogP) is 4.66. The van der Waals surface area contributed by atoms with Crippen molar-refractivity contribution in [2.45, 2.75) is 8.30 Å². The van der Waals surface area contributed by atoms with Gasteiger partial charge in [-0.2, -0.15) is 0 Å². The van der Waals surface area contributed by atoms with E-state index < -0.39 is 14.3 Å². The van der Waals surface area contributed by atoms with E-state index in [0.29, 0.717) is 16.3 Å². The van der Waals surface area contributed by atoms with Gasteiger partial charge in [0, 0.05) is 10.6 Å². The molecule has 0 spiro atoms. The van der Waals surface area contributed by atoms with Gasteiger partial charge in [0.15, 0.2) is 0 Å². The molecule has 0 aliphatic carbocycles. The first-order chi connectivity index (χ1) is 8.65. The number of ether oxygens (including phenoxy) is 1. The molecule has 1 aromatic rings. The summed E-state index contributed by atoms with van der Waals surface area (Å²) in [6.45, 7) is 0. The Kier molecular flexibility index (Phi) is 4.02. The standard InChI is InChI=1S/C11H5BrCl4O3/c12-10(11(14,15)16)7(9(17)18)4-5-3-6(13)1-2-8(5)19-10/h1-4H,(H,17,18)/t10-/m1/s1. The van der Waals surface area contributed by atoms with E-state index in [4.69, 9.17) is 51.1 Å². The third-order valence-corrected chi connectivity index (χ3v) is 5.37. The van der Waals surface area contributed by atoms with Crippen molar-refractivity contribution in [3.63, 3.8) is 0 Å². The number of aliphatic carboxylic acids is 1. The lowest BCUT2D eigenvalue weighted by Crippen LogP contribution is -2.47. The third kappa shape index (κ3) is 2.69. The number of alkyl halides is 4. The summed E-state index contributed by atoms with van der Waals surface area (Å²) in [4.78, 5) is 11.3. The fourth-order valence-electron chi connectivity index (χ4n) is 1.59. The first-order valence-electron chi connectivity index (χ1n) is 4.85. The number of rotatable bonds is 1. The SMILES string of the molecule is O=C(O)C1=Cc2cc(Cl)ccc2O[C@@]1(Br)C(Cl)(Cl)Cl. The minimum atomic E-state index is -2.02. The van der Waals surface area contributed by atoms with Crippen LogP contribution in [0.2, 0.25) is 5.02 Å². The van der Waals surface area contributed by atoms with E-state index in [0.717, 1.165) is 0 Å². The van der Waals surface area contributed by atoms with Crippen LogP contribution in [0.25, 0.3) is 6.08 Å². The Morgan fingerprint density at radius 1 is 1.37 bits per heavy atom. The van der Waals surface area contributed by atoms with Crippen LogP contribution in [0.3, 0.4) is 0 Å². The molecule has 1 atom stereocenters. The maximum absolute atomic E-state index is 11.3. The average molecular weight is 407 g/mol. The molecule has 19 heavy (non-hydrogen) atoms. The number of halogens is 5. The summed E-state index contributed by atoms with van der Waals surface area (Å²) in [5.41, 5.74) is 0.261. The van der Waals surface area contributed by atoms with E-state index in [1.54, 1.807) is 18.2 Å². The van der Waals surface area contributed by atoms with Crippen LogP contribution in [0.4, 0.5) is 0 Å². The van der Waals surface area contributed by atoms with Crippen molar-refractivity contribution in [1.29, 1.82) is 0 Å². The molecule has 0 bridgehead atoms. The molecule has 8 heteroatoms. The van der Waals surface area contributed by atoms with Crippen LogP contribution < -0.4 is 4.74 Å². The second-order valence-corrected chi connectivity index (χ2v) is 7.57. The van der Waals surface area contributed by atoms with Crippen LogP contribution in [0.15, 0.2) is 23.8 Å². The van der Waals surface area contributed by atoms with Gasteiger partial charge in [-0.15, -0.1) is 0 Å². The maximum atomic E-state index is 11.3. The van der Waals surface area contributed by atoms with Crippen LogP contribution in [-0.2, 0) is 4.79 Å². The Morgan fingerprint density at radius 3 is 2.53 bits per heavy atom. The molecule has 1 aliphatic heterocycles. The van der Waals surface area contributed by atoms with Gasteiger partial charge in [0.2, 0.25) is 8.30 Å². The molecule has 1 heterocycles. The average Bonchev–Trinajstić information content (AvgIpc) is 2.27. The van der Waals surface area contributed by atoms with Gasteiger partial charge in [0.25, 0.3) is 0 Å². The van der Waals surface area contributed by atoms with Gasteiger partial charge in [-0.05, 0) is 40.2 Å². The summed E-state index contributed by atoms with van der Waals surface area (Å²) in [6.07, 6.45) is 1.35. The fraction of sp³-hybridized carbons (Fsp3) is 0.182. The zero-order valence-electron chi connectivity index (χ0n) is 8.96. The Balaban J connectivity index is 2.65. The zero-order chi connectivity index (χ0) is 14.4. The van der Waals surface area contributed by atoms with Crippen LogP contribution in [-0.4, -0.2) is 19.4 Å². The van der Waals surface area contributed by atoms with Crippen LogP contribution >= 0.6 is 62.3 Å². The number of carboxylic acids is 1. The van der Waals surface area contributed by atoms with E-state index in [9.17, 15) is 9.90 Å². The van der Waals surface area contributed by atoms with Crippen LogP contribution in [0.1, 0.15) is 5.56 Å². The lowest BCUT2D eigenvalue weighted by atomic mass is 10.0. The second kappa shape index (κ2) is 5.01. The number of hydrogen-bond acceptors (Lipinski definition) is 2. The lowest BCUT2D eigenvalue weighted by Gasteiger charge is -2.37. The summed E-state index contributed by atoms with van der Waals surface area (Å²) in [6, 6.07) is 4.72. The highest BCUT2D eigenvalue weighted by Crippen LogP contribution is 2.53. The summed E-state index contributed by atoms with van der Waals surface area (Å²) in [5.74, 6) is -0.911. The molecule has 2 rings (SSSR count). The quantitative estimate of drug-likeness (QED) is 0.690. The predicted molar refractivity (Wildman–Crippen MR) is 79.6 cm³/mol. The monoisotopic (exact) mass is 404 g/mol. The minimum Gasteiger partial charge on any atom is -0.478 e. The molecule has 1 N–H and O–H groups in total. The molecular formula is C11H5BrCl4O3. The number of benzene rings is 1. The smallest absolute Gasteiger partial charge is 0.336 e. The fourth-order valence-corrected chi connectivity index (χ4v) is 2.65. The number of carbonyl (C=O) groups is 1. The van der Waals surface area contributed by atoms with Crippen molar-refractivity contribution in [1.82, 2.24) is 0 Å². The lowest BCUT2D eigenvalue weighted by molar-refractivity contribution is -0.133. The van der Waals surface area contributed by atoms with Gasteiger partial charge in [-0.3, -0.25) is 0 Å².